The lowest BCUT2D eigenvalue weighted by Crippen LogP contribution is -2.41. The first-order chi connectivity index (χ1) is 10.1. The summed E-state index contributed by atoms with van der Waals surface area (Å²) in [6, 6.07) is 8.18. The van der Waals surface area contributed by atoms with E-state index in [1.165, 1.54) is 0 Å². The maximum Gasteiger partial charge on any atom is 0.124 e. The van der Waals surface area contributed by atoms with Crippen LogP contribution in [0.3, 0.4) is 0 Å². The number of benzene rings is 1. The lowest BCUT2D eigenvalue weighted by atomic mass is 9.90. The summed E-state index contributed by atoms with van der Waals surface area (Å²) < 4.78 is 16.6. The van der Waals surface area contributed by atoms with Crippen LogP contribution in [0, 0.1) is 0 Å². The highest BCUT2D eigenvalue weighted by Gasteiger charge is 2.32. The number of hydrogen-bond donors (Lipinski definition) is 1. The van der Waals surface area contributed by atoms with Crippen molar-refractivity contribution in [2.24, 2.45) is 0 Å². The second-order valence-electron chi connectivity index (χ2n) is 5.57. The summed E-state index contributed by atoms with van der Waals surface area (Å²) in [6.45, 7) is 8.39. The Balaban J connectivity index is 3.00. The largest absolute Gasteiger partial charge is 0.491 e. The van der Waals surface area contributed by atoms with Crippen LogP contribution in [0.2, 0.25) is 0 Å². The third kappa shape index (κ3) is 5.30. The Morgan fingerprint density at radius 2 is 1.86 bits per heavy atom. The second-order valence-corrected chi connectivity index (χ2v) is 5.57. The Bertz CT molecular complexity index is 407. The number of ether oxygens (including phenoxy) is 3. The van der Waals surface area contributed by atoms with Gasteiger partial charge in [0, 0.05) is 19.8 Å². The third-order valence-corrected chi connectivity index (χ3v) is 3.59. The van der Waals surface area contributed by atoms with Gasteiger partial charge in [-0.3, -0.25) is 0 Å². The Kier molecular flexibility index (Phi) is 7.72. The van der Waals surface area contributed by atoms with Gasteiger partial charge in [0.25, 0.3) is 0 Å². The average molecular weight is 295 g/mol. The van der Waals surface area contributed by atoms with Gasteiger partial charge in [0.2, 0.25) is 0 Å². The molecule has 0 saturated carbocycles. The molecule has 0 aliphatic heterocycles. The molecule has 0 fully saturated rings. The number of hydrogen-bond acceptors (Lipinski definition) is 4. The second kappa shape index (κ2) is 9.03. The van der Waals surface area contributed by atoms with Gasteiger partial charge in [-0.05, 0) is 32.9 Å². The molecule has 0 radical (unpaired) electrons. The van der Waals surface area contributed by atoms with E-state index in [0.29, 0.717) is 13.2 Å². The molecule has 0 heterocycles. The molecule has 0 spiro atoms. The summed E-state index contributed by atoms with van der Waals surface area (Å²) in [5.74, 6) is 0.883. The van der Waals surface area contributed by atoms with Crippen molar-refractivity contribution < 1.29 is 14.2 Å². The van der Waals surface area contributed by atoms with Crippen molar-refractivity contribution in [1.82, 2.24) is 5.32 Å². The van der Waals surface area contributed by atoms with E-state index >= 15 is 0 Å². The Morgan fingerprint density at radius 3 is 2.48 bits per heavy atom. The maximum atomic E-state index is 5.86. The van der Waals surface area contributed by atoms with Crippen molar-refractivity contribution in [2.75, 3.05) is 34.0 Å². The molecule has 0 aliphatic rings. The van der Waals surface area contributed by atoms with Crippen molar-refractivity contribution in [3.63, 3.8) is 0 Å². The van der Waals surface area contributed by atoms with E-state index in [9.17, 15) is 0 Å². The average Bonchev–Trinajstić information content (AvgIpc) is 2.49. The first kappa shape index (κ1) is 18.0. The fourth-order valence-corrected chi connectivity index (χ4v) is 2.22. The van der Waals surface area contributed by atoms with Crippen molar-refractivity contribution in [1.29, 1.82) is 0 Å². The number of methoxy groups -OCH3 is 2. The van der Waals surface area contributed by atoms with E-state index in [4.69, 9.17) is 14.2 Å². The van der Waals surface area contributed by atoms with Crippen LogP contribution in [-0.2, 0) is 9.47 Å². The van der Waals surface area contributed by atoms with Crippen LogP contribution in [0.15, 0.2) is 24.3 Å². The standard InChI is InChI=1S/C17H29NO3/c1-6-11-18-16(17(2,3)20-5)14-9-7-8-10-15(14)21-13-12-19-4/h7-10,16,18H,6,11-13H2,1-5H3. The summed E-state index contributed by atoms with van der Waals surface area (Å²) >= 11 is 0. The molecule has 4 heteroatoms. The van der Waals surface area contributed by atoms with E-state index in [0.717, 1.165) is 24.3 Å². The van der Waals surface area contributed by atoms with Crippen molar-refractivity contribution >= 4 is 0 Å². The van der Waals surface area contributed by atoms with Crippen LogP contribution in [-0.4, -0.2) is 39.6 Å². The number of para-hydroxylation sites is 1. The van der Waals surface area contributed by atoms with Gasteiger partial charge in [-0.2, -0.15) is 0 Å². The molecule has 0 amide bonds. The number of nitrogens with one attached hydrogen (secondary N) is 1. The molecular formula is C17H29NO3. The summed E-state index contributed by atoms with van der Waals surface area (Å²) in [7, 11) is 3.42. The molecule has 120 valence electrons. The normalized spacial score (nSPS) is 13.2. The van der Waals surface area contributed by atoms with Crippen LogP contribution in [0.25, 0.3) is 0 Å². The summed E-state index contributed by atoms with van der Waals surface area (Å²) in [6.07, 6.45) is 1.07. The third-order valence-electron chi connectivity index (χ3n) is 3.59. The first-order valence-corrected chi connectivity index (χ1v) is 7.56. The molecule has 1 atom stereocenters. The fourth-order valence-electron chi connectivity index (χ4n) is 2.22. The zero-order valence-electron chi connectivity index (χ0n) is 13.9. The molecule has 1 rings (SSSR count). The van der Waals surface area contributed by atoms with Crippen molar-refractivity contribution in [2.45, 2.75) is 38.8 Å². The van der Waals surface area contributed by atoms with E-state index < -0.39 is 0 Å². The fraction of sp³-hybridized carbons (Fsp3) is 0.647. The van der Waals surface area contributed by atoms with Gasteiger partial charge in [-0.25, -0.2) is 0 Å². The van der Waals surface area contributed by atoms with Crippen LogP contribution in [0.5, 0.6) is 5.75 Å². The van der Waals surface area contributed by atoms with Crippen LogP contribution >= 0.6 is 0 Å². The molecule has 0 bridgehead atoms. The summed E-state index contributed by atoms with van der Waals surface area (Å²) in [5, 5.41) is 3.57. The smallest absolute Gasteiger partial charge is 0.124 e. The molecule has 0 saturated heterocycles. The lowest BCUT2D eigenvalue weighted by Gasteiger charge is -2.35. The molecule has 1 N–H and O–H groups in total. The molecular weight excluding hydrogens is 266 g/mol. The maximum absolute atomic E-state index is 5.86. The monoisotopic (exact) mass is 295 g/mol. The lowest BCUT2D eigenvalue weighted by molar-refractivity contribution is -0.0119. The van der Waals surface area contributed by atoms with Crippen LogP contribution in [0.1, 0.15) is 38.8 Å². The zero-order chi connectivity index (χ0) is 15.7. The predicted molar refractivity (Wildman–Crippen MR) is 85.9 cm³/mol. The van der Waals surface area contributed by atoms with Gasteiger partial charge in [-0.1, -0.05) is 25.1 Å². The first-order valence-electron chi connectivity index (χ1n) is 7.56. The Hall–Kier alpha value is -1.10. The van der Waals surface area contributed by atoms with Crippen LogP contribution < -0.4 is 10.1 Å². The highest BCUT2D eigenvalue weighted by Crippen LogP contribution is 2.34. The molecule has 21 heavy (non-hydrogen) atoms. The highest BCUT2D eigenvalue weighted by atomic mass is 16.5. The summed E-state index contributed by atoms with van der Waals surface area (Å²) in [4.78, 5) is 0. The minimum absolute atomic E-state index is 0.0706. The van der Waals surface area contributed by atoms with E-state index in [2.05, 4.69) is 32.2 Å². The quantitative estimate of drug-likeness (QED) is 0.673. The van der Waals surface area contributed by atoms with Gasteiger partial charge < -0.3 is 19.5 Å². The van der Waals surface area contributed by atoms with E-state index in [1.807, 2.05) is 18.2 Å². The Labute approximate surface area is 128 Å². The number of rotatable bonds is 10. The van der Waals surface area contributed by atoms with Gasteiger partial charge in [-0.15, -0.1) is 0 Å². The molecule has 4 nitrogen and oxygen atoms in total. The topological polar surface area (TPSA) is 39.7 Å². The molecule has 1 aromatic carbocycles. The summed E-state index contributed by atoms with van der Waals surface area (Å²) in [5.41, 5.74) is 0.796. The minimum atomic E-state index is -0.324. The van der Waals surface area contributed by atoms with Gasteiger partial charge in [0.05, 0.1) is 18.2 Å². The predicted octanol–water partition coefficient (Wildman–Crippen LogP) is 3.18. The minimum Gasteiger partial charge on any atom is -0.491 e. The molecule has 1 aromatic rings. The van der Waals surface area contributed by atoms with Gasteiger partial charge in [0.15, 0.2) is 0 Å². The van der Waals surface area contributed by atoms with Crippen molar-refractivity contribution in [3.8, 4) is 5.75 Å². The molecule has 0 aliphatic carbocycles. The highest BCUT2D eigenvalue weighted by molar-refractivity contribution is 5.37. The zero-order valence-corrected chi connectivity index (χ0v) is 13.9. The SMILES string of the molecule is CCCNC(c1ccccc1OCCOC)C(C)(C)OC. The van der Waals surface area contributed by atoms with Crippen LogP contribution in [0.4, 0.5) is 0 Å². The van der Waals surface area contributed by atoms with Crippen molar-refractivity contribution in [3.05, 3.63) is 29.8 Å². The molecule has 1 unspecified atom stereocenters. The van der Waals surface area contributed by atoms with Gasteiger partial charge >= 0.3 is 0 Å². The molecule has 0 aromatic heterocycles. The Morgan fingerprint density at radius 1 is 1.14 bits per heavy atom. The van der Waals surface area contributed by atoms with E-state index in [-0.39, 0.29) is 11.6 Å². The van der Waals surface area contributed by atoms with E-state index in [1.54, 1.807) is 14.2 Å². The van der Waals surface area contributed by atoms with Gasteiger partial charge in [0.1, 0.15) is 12.4 Å².